The van der Waals surface area contributed by atoms with Crippen LogP contribution in [0, 0.1) is 46.3 Å². The van der Waals surface area contributed by atoms with Gasteiger partial charge in [-0.2, -0.15) is 0 Å². The minimum Gasteiger partial charge on any atom is -0.469 e. The van der Waals surface area contributed by atoms with Crippen molar-refractivity contribution in [2.75, 3.05) is 7.11 Å². The van der Waals surface area contributed by atoms with Crippen LogP contribution in [0.1, 0.15) is 97.8 Å². The van der Waals surface area contributed by atoms with E-state index >= 15 is 0 Å². The minimum absolute atomic E-state index is 0.0313. The Hall–Kier alpha value is -0.530. The van der Waals surface area contributed by atoms with Crippen LogP contribution in [-0.2, 0) is 9.53 Å². The molecule has 4 aliphatic rings. The van der Waals surface area contributed by atoms with Gasteiger partial charge < -0.3 is 4.74 Å². The normalized spacial score (nSPS) is 49.0. The number of ether oxygens (including phenoxy) is 1. The van der Waals surface area contributed by atoms with E-state index in [-0.39, 0.29) is 5.97 Å². The molecule has 0 aliphatic heterocycles. The van der Waals surface area contributed by atoms with Crippen LogP contribution in [0.15, 0.2) is 0 Å². The number of fused-ring (bicyclic) bond motifs is 5. The Morgan fingerprint density at radius 1 is 0.963 bits per heavy atom. The van der Waals surface area contributed by atoms with Gasteiger partial charge in [-0.05, 0) is 111 Å². The number of hydrogen-bond donors (Lipinski definition) is 0. The van der Waals surface area contributed by atoms with Crippen LogP contribution in [0.25, 0.3) is 0 Å². The Labute approximate surface area is 167 Å². The molecule has 0 aromatic heterocycles. The molecule has 0 aromatic carbocycles. The zero-order valence-corrected chi connectivity index (χ0v) is 18.3. The van der Waals surface area contributed by atoms with Crippen molar-refractivity contribution >= 4 is 5.97 Å². The number of esters is 1. The van der Waals surface area contributed by atoms with E-state index in [0.717, 1.165) is 41.9 Å². The fraction of sp³-hybridized carbons (Fsp3) is 0.960. The van der Waals surface area contributed by atoms with E-state index in [1.54, 1.807) is 0 Å². The molecule has 4 aliphatic carbocycles. The summed E-state index contributed by atoms with van der Waals surface area (Å²) >= 11 is 0. The van der Waals surface area contributed by atoms with E-state index in [9.17, 15) is 4.79 Å². The zero-order valence-electron chi connectivity index (χ0n) is 18.3. The van der Waals surface area contributed by atoms with Gasteiger partial charge >= 0.3 is 5.97 Å². The molecule has 0 saturated heterocycles. The predicted molar refractivity (Wildman–Crippen MR) is 110 cm³/mol. The molecule has 154 valence electrons. The quantitative estimate of drug-likeness (QED) is 0.517. The monoisotopic (exact) mass is 374 g/mol. The van der Waals surface area contributed by atoms with Gasteiger partial charge in [-0.25, -0.2) is 0 Å². The second-order valence-electron chi connectivity index (χ2n) is 11.3. The molecule has 8 unspecified atom stereocenters. The summed E-state index contributed by atoms with van der Waals surface area (Å²) in [5.74, 6) is 5.71. The fourth-order valence-electron chi connectivity index (χ4n) is 8.65. The molecule has 27 heavy (non-hydrogen) atoms. The number of rotatable bonds is 4. The van der Waals surface area contributed by atoms with Gasteiger partial charge in [0.2, 0.25) is 0 Å². The number of carbonyl (C=O) groups excluding carboxylic acids is 1. The molecule has 8 atom stereocenters. The topological polar surface area (TPSA) is 26.3 Å². The maximum Gasteiger partial charge on any atom is 0.305 e. The second-order valence-corrected chi connectivity index (χ2v) is 11.3. The molecule has 0 spiro atoms. The first-order valence-electron chi connectivity index (χ1n) is 12.0. The van der Waals surface area contributed by atoms with Gasteiger partial charge in [0.1, 0.15) is 0 Å². The Morgan fingerprint density at radius 3 is 2.48 bits per heavy atom. The van der Waals surface area contributed by atoms with E-state index in [0.29, 0.717) is 17.3 Å². The molecule has 4 fully saturated rings. The Bertz CT molecular complexity index is 557. The van der Waals surface area contributed by atoms with E-state index in [1.807, 2.05) is 0 Å². The summed E-state index contributed by atoms with van der Waals surface area (Å²) in [6, 6.07) is 0. The van der Waals surface area contributed by atoms with Crippen molar-refractivity contribution < 1.29 is 9.53 Å². The zero-order chi connectivity index (χ0) is 19.2. The fourth-order valence-corrected chi connectivity index (χ4v) is 8.65. The standard InChI is InChI=1S/C25H42O2/c1-17-12-14-25(3)19(16-17)8-10-20-21-11-9-18(6-5-7-23(26)27-4)24(21,2)15-13-22(20)25/h17-22H,5-16H2,1-4H3. The van der Waals surface area contributed by atoms with Crippen molar-refractivity contribution in [3.63, 3.8) is 0 Å². The van der Waals surface area contributed by atoms with Crippen LogP contribution in [0.2, 0.25) is 0 Å². The van der Waals surface area contributed by atoms with Crippen LogP contribution in [-0.4, -0.2) is 13.1 Å². The number of hydrogen-bond acceptors (Lipinski definition) is 2. The van der Waals surface area contributed by atoms with Crippen molar-refractivity contribution in [1.29, 1.82) is 0 Å². The maximum absolute atomic E-state index is 11.5. The van der Waals surface area contributed by atoms with Crippen molar-refractivity contribution in [2.24, 2.45) is 46.3 Å². The van der Waals surface area contributed by atoms with Gasteiger partial charge in [-0.15, -0.1) is 0 Å². The predicted octanol–water partition coefficient (Wildman–Crippen LogP) is 6.62. The van der Waals surface area contributed by atoms with Crippen LogP contribution in [0.4, 0.5) is 0 Å². The first-order chi connectivity index (χ1) is 12.9. The summed E-state index contributed by atoms with van der Waals surface area (Å²) in [5.41, 5.74) is 1.18. The smallest absolute Gasteiger partial charge is 0.305 e. The molecule has 4 saturated carbocycles. The largest absolute Gasteiger partial charge is 0.469 e. The molecule has 2 heteroatoms. The molecular weight excluding hydrogens is 332 g/mol. The lowest BCUT2D eigenvalue weighted by atomic mass is 9.44. The lowest BCUT2D eigenvalue weighted by molar-refractivity contribution is -0.141. The highest BCUT2D eigenvalue weighted by Gasteiger charge is 2.59. The number of methoxy groups -OCH3 is 1. The summed E-state index contributed by atoms with van der Waals surface area (Å²) < 4.78 is 4.85. The molecule has 0 aromatic rings. The van der Waals surface area contributed by atoms with Gasteiger partial charge in [0.15, 0.2) is 0 Å². The Balaban J connectivity index is 1.45. The third-order valence-corrected chi connectivity index (χ3v) is 10.3. The minimum atomic E-state index is -0.0313. The van der Waals surface area contributed by atoms with Crippen molar-refractivity contribution in [3.8, 4) is 0 Å². The molecule has 0 N–H and O–H groups in total. The lowest BCUT2D eigenvalue weighted by Gasteiger charge is -2.61. The Kier molecular flexibility index (Phi) is 5.40. The van der Waals surface area contributed by atoms with E-state index < -0.39 is 0 Å². The number of carbonyl (C=O) groups is 1. The molecule has 0 heterocycles. The average Bonchev–Trinajstić information content (AvgIpc) is 2.99. The highest BCUT2D eigenvalue weighted by Crippen LogP contribution is 2.68. The third kappa shape index (κ3) is 3.27. The van der Waals surface area contributed by atoms with Crippen LogP contribution in [0.5, 0.6) is 0 Å². The third-order valence-electron chi connectivity index (χ3n) is 10.3. The summed E-state index contributed by atoms with van der Waals surface area (Å²) in [7, 11) is 1.51. The first kappa shape index (κ1) is 19.8. The van der Waals surface area contributed by atoms with Crippen LogP contribution >= 0.6 is 0 Å². The van der Waals surface area contributed by atoms with Crippen molar-refractivity contribution in [1.82, 2.24) is 0 Å². The molecule has 0 radical (unpaired) electrons. The molecule has 0 amide bonds. The highest BCUT2D eigenvalue weighted by atomic mass is 16.5. The van der Waals surface area contributed by atoms with Gasteiger partial charge in [0.05, 0.1) is 7.11 Å². The molecule has 4 rings (SSSR count). The van der Waals surface area contributed by atoms with Gasteiger partial charge in [0.25, 0.3) is 0 Å². The second kappa shape index (κ2) is 7.38. The molecular formula is C25H42O2. The van der Waals surface area contributed by atoms with Gasteiger partial charge in [-0.1, -0.05) is 27.2 Å². The first-order valence-corrected chi connectivity index (χ1v) is 12.0. The van der Waals surface area contributed by atoms with E-state index in [4.69, 9.17) is 4.74 Å². The summed E-state index contributed by atoms with van der Waals surface area (Å²) in [4.78, 5) is 11.5. The average molecular weight is 375 g/mol. The highest BCUT2D eigenvalue weighted by molar-refractivity contribution is 5.68. The summed E-state index contributed by atoms with van der Waals surface area (Å²) in [5, 5.41) is 0. The summed E-state index contributed by atoms with van der Waals surface area (Å²) in [6.45, 7) is 7.80. The lowest BCUT2D eigenvalue weighted by Crippen LogP contribution is -2.53. The van der Waals surface area contributed by atoms with Gasteiger partial charge in [0, 0.05) is 6.42 Å². The summed E-state index contributed by atoms with van der Waals surface area (Å²) in [6.07, 6.45) is 16.1. The maximum atomic E-state index is 11.5. The SMILES string of the molecule is COC(=O)CCCC1CCC2C3CCC4CC(C)CCC4(C)C3CCC12C. The van der Waals surface area contributed by atoms with Crippen molar-refractivity contribution in [2.45, 2.75) is 97.8 Å². The van der Waals surface area contributed by atoms with E-state index in [2.05, 4.69) is 20.8 Å². The van der Waals surface area contributed by atoms with E-state index in [1.165, 1.54) is 71.3 Å². The van der Waals surface area contributed by atoms with Crippen molar-refractivity contribution in [3.05, 3.63) is 0 Å². The molecule has 2 nitrogen and oxygen atoms in total. The molecule has 0 bridgehead atoms. The van der Waals surface area contributed by atoms with Crippen LogP contribution in [0.3, 0.4) is 0 Å². The van der Waals surface area contributed by atoms with Gasteiger partial charge in [-0.3, -0.25) is 4.79 Å². The Morgan fingerprint density at radius 2 is 1.70 bits per heavy atom. The van der Waals surface area contributed by atoms with Crippen LogP contribution < -0.4 is 0 Å².